The van der Waals surface area contributed by atoms with Crippen LogP contribution in [0.2, 0.25) is 5.02 Å². The zero-order chi connectivity index (χ0) is 17.6. The van der Waals surface area contributed by atoms with Crippen molar-refractivity contribution in [1.29, 1.82) is 0 Å². The van der Waals surface area contributed by atoms with Crippen molar-refractivity contribution < 1.29 is 32.6 Å². The van der Waals surface area contributed by atoms with Gasteiger partial charge in [-0.3, -0.25) is 0 Å². The maximum Gasteiger partial charge on any atom is 0.352 e. The van der Waals surface area contributed by atoms with Crippen LogP contribution in [0.4, 0.5) is 0 Å². The zero-order valence-electron chi connectivity index (χ0n) is 12.4. The molecule has 0 aliphatic carbocycles. The Bertz CT molecular complexity index is 815. The molecule has 1 saturated heterocycles. The third-order valence-electron chi connectivity index (χ3n) is 2.95. The second kappa shape index (κ2) is 5.54. The molecule has 1 aromatic carbocycles. The van der Waals surface area contributed by atoms with E-state index >= 15 is 0 Å². The molecule has 0 atom stereocenters. The van der Waals surface area contributed by atoms with Crippen LogP contribution >= 0.6 is 11.6 Å². The Balaban J connectivity index is 2.54. The summed E-state index contributed by atoms with van der Waals surface area (Å²) in [6.45, 7) is 2.73. The molecule has 1 N–H and O–H groups in total. The summed E-state index contributed by atoms with van der Waals surface area (Å²) in [4.78, 5) is 23.7. The molecule has 1 aliphatic heterocycles. The van der Waals surface area contributed by atoms with Gasteiger partial charge in [-0.15, -0.1) is 0 Å². The van der Waals surface area contributed by atoms with E-state index in [0.717, 1.165) is 12.3 Å². The van der Waals surface area contributed by atoms with E-state index in [4.69, 9.17) is 21.1 Å². The van der Waals surface area contributed by atoms with Gasteiger partial charge in [0.15, 0.2) is 15.4 Å². The van der Waals surface area contributed by atoms with Gasteiger partial charge >= 0.3 is 11.9 Å². The summed E-state index contributed by atoms with van der Waals surface area (Å²) >= 11 is 5.94. The highest BCUT2D eigenvalue weighted by atomic mass is 35.5. The lowest BCUT2D eigenvalue weighted by atomic mass is 10.1. The quantitative estimate of drug-likeness (QED) is 0.371. The van der Waals surface area contributed by atoms with E-state index in [1.165, 1.54) is 26.0 Å². The van der Waals surface area contributed by atoms with Crippen LogP contribution in [-0.4, -0.2) is 37.5 Å². The first kappa shape index (κ1) is 17.3. The second-order valence-corrected chi connectivity index (χ2v) is 7.74. The van der Waals surface area contributed by atoms with Crippen molar-refractivity contribution in [2.24, 2.45) is 0 Å². The minimum absolute atomic E-state index is 0.0704. The standard InChI is InChI=1S/C14H13ClO7S/c1-14(2)21-12(17)10(13(18)22-14)11(16)8-5-4-7(6-9(8)15)23(3,19)20/h4-6,16H,1-3H3. The lowest BCUT2D eigenvalue weighted by Gasteiger charge is -2.30. The fourth-order valence-corrected chi connectivity index (χ4v) is 2.88. The van der Waals surface area contributed by atoms with Gasteiger partial charge in [-0.25, -0.2) is 18.0 Å². The Morgan fingerprint density at radius 3 is 2.13 bits per heavy atom. The summed E-state index contributed by atoms with van der Waals surface area (Å²) in [5, 5.41) is 10.0. The molecule has 9 heteroatoms. The Hall–Kier alpha value is -2.06. The van der Waals surface area contributed by atoms with Gasteiger partial charge in [0.05, 0.1) is 9.92 Å². The van der Waals surface area contributed by atoms with Crippen LogP contribution in [0.15, 0.2) is 28.7 Å². The van der Waals surface area contributed by atoms with Crippen LogP contribution in [0.3, 0.4) is 0 Å². The third kappa shape index (κ3) is 3.48. The van der Waals surface area contributed by atoms with Gasteiger partial charge in [-0.1, -0.05) is 11.6 Å². The number of ether oxygens (including phenoxy) is 2. The number of aliphatic hydroxyl groups is 1. The maximum absolute atomic E-state index is 11.9. The minimum atomic E-state index is -3.49. The van der Waals surface area contributed by atoms with Crippen LogP contribution in [0, 0.1) is 0 Å². The zero-order valence-corrected chi connectivity index (χ0v) is 14.0. The second-order valence-electron chi connectivity index (χ2n) is 5.32. The monoisotopic (exact) mass is 360 g/mol. The molecule has 124 valence electrons. The summed E-state index contributed by atoms with van der Waals surface area (Å²) in [5.41, 5.74) is -0.805. The number of carbonyl (C=O) groups excluding carboxylic acids is 2. The van der Waals surface area contributed by atoms with Crippen LogP contribution < -0.4 is 0 Å². The summed E-state index contributed by atoms with van der Waals surface area (Å²) in [5.74, 6) is -4.32. The van der Waals surface area contributed by atoms with Crippen molar-refractivity contribution in [2.75, 3.05) is 6.26 Å². The highest BCUT2D eigenvalue weighted by molar-refractivity contribution is 7.90. The van der Waals surface area contributed by atoms with Gasteiger partial charge in [0.2, 0.25) is 0 Å². The van der Waals surface area contributed by atoms with Crippen LogP contribution in [0.1, 0.15) is 19.4 Å². The van der Waals surface area contributed by atoms with Crippen LogP contribution in [0.25, 0.3) is 5.76 Å². The number of rotatable bonds is 2. The van der Waals surface area contributed by atoms with Gasteiger partial charge in [-0.05, 0) is 18.2 Å². The van der Waals surface area contributed by atoms with Crippen molar-refractivity contribution in [3.05, 3.63) is 34.4 Å². The number of hydrogen-bond acceptors (Lipinski definition) is 7. The average molecular weight is 361 g/mol. The first-order chi connectivity index (χ1) is 10.4. The molecular formula is C14H13ClO7S. The van der Waals surface area contributed by atoms with Gasteiger partial charge in [0.25, 0.3) is 5.79 Å². The van der Waals surface area contributed by atoms with Gasteiger partial charge in [-0.2, -0.15) is 0 Å². The predicted octanol–water partition coefficient (Wildman–Crippen LogP) is 1.85. The highest BCUT2D eigenvalue weighted by Gasteiger charge is 2.41. The van der Waals surface area contributed by atoms with Crippen molar-refractivity contribution in [3.8, 4) is 0 Å². The van der Waals surface area contributed by atoms with E-state index in [9.17, 15) is 23.1 Å². The number of halogens is 1. The predicted molar refractivity (Wildman–Crippen MR) is 80.4 cm³/mol. The molecule has 2 rings (SSSR count). The van der Waals surface area contributed by atoms with Crippen molar-refractivity contribution in [3.63, 3.8) is 0 Å². The summed E-state index contributed by atoms with van der Waals surface area (Å²) in [6.07, 6.45) is 0.995. The number of aliphatic hydroxyl groups excluding tert-OH is 1. The van der Waals surface area contributed by atoms with Crippen molar-refractivity contribution in [1.82, 2.24) is 0 Å². The molecule has 0 radical (unpaired) electrons. The largest absolute Gasteiger partial charge is 0.506 e. The smallest absolute Gasteiger partial charge is 0.352 e. The van der Waals surface area contributed by atoms with Crippen LogP contribution in [-0.2, 0) is 28.9 Å². The van der Waals surface area contributed by atoms with E-state index in [-0.39, 0.29) is 15.5 Å². The Labute approximate surface area is 137 Å². The van der Waals surface area contributed by atoms with Crippen molar-refractivity contribution >= 4 is 39.1 Å². The van der Waals surface area contributed by atoms with E-state index in [1.54, 1.807) is 0 Å². The van der Waals surface area contributed by atoms with E-state index in [0.29, 0.717) is 0 Å². The van der Waals surface area contributed by atoms with Gasteiger partial charge < -0.3 is 14.6 Å². The molecule has 1 aromatic rings. The number of cyclic esters (lactones) is 2. The lowest BCUT2D eigenvalue weighted by molar-refractivity contribution is -0.222. The molecule has 0 saturated carbocycles. The fraction of sp³-hybridized carbons (Fsp3) is 0.286. The molecule has 1 fully saturated rings. The SMILES string of the molecule is CC1(C)OC(=O)C(=C(O)c2ccc(S(C)(=O)=O)cc2Cl)C(=O)O1. The van der Waals surface area contributed by atoms with E-state index in [1.807, 2.05) is 0 Å². The Morgan fingerprint density at radius 1 is 1.17 bits per heavy atom. The molecule has 0 amide bonds. The number of hydrogen-bond donors (Lipinski definition) is 1. The van der Waals surface area contributed by atoms with Crippen LogP contribution in [0.5, 0.6) is 0 Å². The van der Waals surface area contributed by atoms with Crippen molar-refractivity contribution in [2.45, 2.75) is 24.5 Å². The minimum Gasteiger partial charge on any atom is -0.506 e. The molecule has 0 spiro atoms. The number of benzene rings is 1. The highest BCUT2D eigenvalue weighted by Crippen LogP contribution is 2.31. The van der Waals surface area contributed by atoms with E-state index in [2.05, 4.69) is 0 Å². The normalized spacial score (nSPS) is 17.5. The van der Waals surface area contributed by atoms with E-state index < -0.39 is 38.9 Å². The van der Waals surface area contributed by atoms with Gasteiger partial charge in [0, 0.05) is 25.7 Å². The molecule has 0 unspecified atom stereocenters. The molecule has 0 aromatic heterocycles. The third-order valence-corrected chi connectivity index (χ3v) is 4.37. The summed E-state index contributed by atoms with van der Waals surface area (Å²) < 4.78 is 32.7. The number of carbonyl (C=O) groups is 2. The number of esters is 2. The molecule has 1 heterocycles. The molecule has 7 nitrogen and oxygen atoms in total. The topological polar surface area (TPSA) is 107 Å². The molecule has 0 bridgehead atoms. The number of sulfone groups is 1. The first-order valence-corrected chi connectivity index (χ1v) is 8.59. The Kier molecular flexibility index (Phi) is 4.16. The Morgan fingerprint density at radius 2 is 1.70 bits per heavy atom. The average Bonchev–Trinajstić information content (AvgIpc) is 2.34. The molecular weight excluding hydrogens is 348 g/mol. The maximum atomic E-state index is 11.9. The summed E-state index contributed by atoms with van der Waals surface area (Å²) in [7, 11) is -3.49. The first-order valence-electron chi connectivity index (χ1n) is 6.32. The summed E-state index contributed by atoms with van der Waals surface area (Å²) in [6, 6.07) is 3.48. The lowest BCUT2D eigenvalue weighted by Crippen LogP contribution is -2.42. The fourth-order valence-electron chi connectivity index (χ4n) is 1.90. The molecule has 23 heavy (non-hydrogen) atoms. The van der Waals surface area contributed by atoms with Gasteiger partial charge in [0.1, 0.15) is 5.76 Å². The molecule has 1 aliphatic rings.